The molecule has 0 saturated carbocycles. The average Bonchev–Trinajstić information content (AvgIpc) is 2.50. The summed E-state index contributed by atoms with van der Waals surface area (Å²) in [6.45, 7) is 0.664. The zero-order valence-corrected chi connectivity index (χ0v) is 10.9. The maximum absolute atomic E-state index is 11.7. The monoisotopic (exact) mass is 272 g/mol. The first-order valence-corrected chi connectivity index (χ1v) is 6.12. The molecular formula is C15H16N2O3. The number of benzene rings is 2. The zero-order chi connectivity index (χ0) is 14.6. The fraction of sp³-hybridized carbons (Fsp3) is 0.133. The van der Waals surface area contributed by atoms with Gasteiger partial charge >= 0.3 is 0 Å². The third kappa shape index (κ3) is 5.77. The second-order valence-corrected chi connectivity index (χ2v) is 3.94. The summed E-state index contributed by atoms with van der Waals surface area (Å²) in [5.41, 5.74) is 1.95. The van der Waals surface area contributed by atoms with Gasteiger partial charge in [-0.25, -0.2) is 0 Å². The normalized spacial score (nSPS) is 9.00. The molecule has 2 aromatic rings. The fourth-order valence-corrected chi connectivity index (χ4v) is 1.66. The highest BCUT2D eigenvalue weighted by atomic mass is 16.6. The average molecular weight is 272 g/mol. The smallest absolute Gasteiger partial charge is 0.251 e. The molecule has 0 radical (unpaired) electrons. The molecule has 5 heteroatoms. The molecule has 0 bridgehead atoms. The van der Waals surface area contributed by atoms with Crippen molar-refractivity contribution in [2.45, 2.75) is 6.42 Å². The van der Waals surface area contributed by atoms with Crippen molar-refractivity contribution < 1.29 is 10.0 Å². The summed E-state index contributed by atoms with van der Waals surface area (Å²) in [6.07, 6.45) is 0.861. The topological polar surface area (TPSA) is 78.8 Å². The summed E-state index contributed by atoms with van der Waals surface area (Å²) in [5.74, 6) is -0.0125. The Balaban J connectivity index is 0.000000612. The third-order valence-electron chi connectivity index (χ3n) is 2.58. The first-order valence-electron chi connectivity index (χ1n) is 6.12. The summed E-state index contributed by atoms with van der Waals surface area (Å²) in [7, 11) is 0. The molecule has 2 N–H and O–H groups in total. The van der Waals surface area contributed by atoms with Gasteiger partial charge in [-0.05, 0) is 24.1 Å². The molecule has 0 atom stereocenters. The minimum absolute atomic E-state index is 0.0125. The van der Waals surface area contributed by atoms with Crippen LogP contribution in [-0.2, 0) is 6.42 Å². The summed E-state index contributed by atoms with van der Waals surface area (Å²) < 4.78 is 0. The molecule has 20 heavy (non-hydrogen) atoms. The van der Waals surface area contributed by atoms with Crippen LogP contribution in [0.1, 0.15) is 15.9 Å². The van der Waals surface area contributed by atoms with E-state index in [0.717, 1.165) is 6.42 Å². The Labute approximate surface area is 117 Å². The van der Waals surface area contributed by atoms with Crippen LogP contribution in [0.4, 0.5) is 0 Å². The predicted molar refractivity (Wildman–Crippen MR) is 76.5 cm³/mol. The number of hydrogen-bond acceptors (Lipinski definition) is 3. The van der Waals surface area contributed by atoms with Gasteiger partial charge in [0, 0.05) is 12.1 Å². The van der Waals surface area contributed by atoms with Crippen molar-refractivity contribution in [3.05, 3.63) is 76.7 Å². The van der Waals surface area contributed by atoms with Gasteiger partial charge in [0.25, 0.3) is 5.91 Å². The third-order valence-corrected chi connectivity index (χ3v) is 2.58. The van der Waals surface area contributed by atoms with Crippen LogP contribution in [0.3, 0.4) is 0 Å². The number of hydrogen-bond donors (Lipinski definition) is 2. The van der Waals surface area contributed by atoms with Gasteiger partial charge in [0.15, 0.2) is 5.34 Å². The molecule has 2 rings (SSSR count). The van der Waals surface area contributed by atoms with E-state index in [0.29, 0.717) is 12.1 Å². The molecule has 0 spiro atoms. The van der Waals surface area contributed by atoms with E-state index in [1.54, 1.807) is 0 Å². The molecule has 0 saturated heterocycles. The van der Waals surface area contributed by atoms with Gasteiger partial charge in [-0.3, -0.25) is 4.79 Å². The quantitative estimate of drug-likeness (QED) is 0.663. The fourth-order valence-electron chi connectivity index (χ4n) is 1.66. The molecule has 0 aromatic heterocycles. The number of carbonyl (C=O) groups is 1. The highest BCUT2D eigenvalue weighted by molar-refractivity contribution is 5.94. The molecule has 104 valence electrons. The van der Waals surface area contributed by atoms with Crippen molar-refractivity contribution in [3.8, 4) is 0 Å². The lowest BCUT2D eigenvalue weighted by Gasteiger charge is -2.05. The Kier molecular flexibility index (Phi) is 7.12. The number of carbonyl (C=O) groups excluding carboxylic acids is 1. The Hall–Kier alpha value is -2.69. The van der Waals surface area contributed by atoms with E-state index in [9.17, 15) is 4.79 Å². The van der Waals surface area contributed by atoms with E-state index in [2.05, 4.69) is 17.4 Å². The lowest BCUT2D eigenvalue weighted by Crippen LogP contribution is -2.25. The van der Waals surface area contributed by atoms with E-state index < -0.39 is 0 Å². The van der Waals surface area contributed by atoms with Crippen molar-refractivity contribution in [2.24, 2.45) is 5.34 Å². The van der Waals surface area contributed by atoms with Gasteiger partial charge in [-0.2, -0.15) is 0 Å². The van der Waals surface area contributed by atoms with Gasteiger partial charge in [0.05, 0.1) is 0 Å². The molecule has 1 amide bonds. The maximum Gasteiger partial charge on any atom is 0.251 e. The van der Waals surface area contributed by atoms with Gasteiger partial charge in [-0.1, -0.05) is 48.5 Å². The molecule has 0 aliphatic heterocycles. The van der Waals surface area contributed by atoms with Crippen LogP contribution in [0.5, 0.6) is 0 Å². The van der Waals surface area contributed by atoms with Crippen LogP contribution in [0.2, 0.25) is 0 Å². The van der Waals surface area contributed by atoms with Crippen LogP contribution >= 0.6 is 0 Å². The van der Waals surface area contributed by atoms with E-state index in [4.69, 9.17) is 10.1 Å². The second kappa shape index (κ2) is 9.27. The van der Waals surface area contributed by atoms with Crippen LogP contribution < -0.4 is 5.32 Å². The molecule has 0 aliphatic rings. The highest BCUT2D eigenvalue weighted by Gasteiger charge is 2.02. The lowest BCUT2D eigenvalue weighted by molar-refractivity contribution is 0.0954. The maximum atomic E-state index is 11.7. The summed E-state index contributed by atoms with van der Waals surface area (Å²) in [5, 5.41) is 10.8. The Morgan fingerprint density at radius 2 is 1.50 bits per heavy atom. The Morgan fingerprint density at radius 3 is 2.05 bits per heavy atom. The Morgan fingerprint density at radius 1 is 1.00 bits per heavy atom. The largest absolute Gasteiger partial charge is 0.379 e. The van der Waals surface area contributed by atoms with E-state index in [1.807, 2.05) is 48.5 Å². The van der Waals surface area contributed by atoms with E-state index >= 15 is 0 Å². The minimum Gasteiger partial charge on any atom is -0.379 e. The minimum atomic E-state index is -0.0125. The number of nitrogens with one attached hydrogen (secondary N) is 1. The summed E-state index contributed by atoms with van der Waals surface area (Å²) >= 11 is 0. The van der Waals surface area contributed by atoms with Gasteiger partial charge in [0.2, 0.25) is 0 Å². The number of rotatable bonds is 4. The lowest BCUT2D eigenvalue weighted by atomic mass is 10.1. The molecule has 0 aliphatic carbocycles. The highest BCUT2D eigenvalue weighted by Crippen LogP contribution is 2.00. The number of amides is 1. The SMILES string of the molecule is O=C(NCCc1ccccc1)c1ccccc1.O=NO. The zero-order valence-electron chi connectivity index (χ0n) is 10.9. The molecular weight excluding hydrogens is 256 g/mol. The van der Waals surface area contributed by atoms with Crippen LogP contribution in [0.15, 0.2) is 66.0 Å². The van der Waals surface area contributed by atoms with Crippen molar-refractivity contribution in [1.29, 1.82) is 0 Å². The first kappa shape index (κ1) is 15.4. The molecule has 0 fully saturated rings. The van der Waals surface area contributed by atoms with E-state index in [1.165, 1.54) is 10.9 Å². The van der Waals surface area contributed by atoms with Crippen LogP contribution in [-0.4, -0.2) is 17.7 Å². The van der Waals surface area contributed by atoms with Crippen molar-refractivity contribution in [1.82, 2.24) is 5.32 Å². The summed E-state index contributed by atoms with van der Waals surface area (Å²) in [6, 6.07) is 19.4. The molecule has 0 heterocycles. The molecule has 5 nitrogen and oxygen atoms in total. The predicted octanol–water partition coefficient (Wildman–Crippen LogP) is 2.80. The van der Waals surface area contributed by atoms with Gasteiger partial charge in [0.1, 0.15) is 0 Å². The van der Waals surface area contributed by atoms with Crippen molar-refractivity contribution >= 4 is 5.91 Å². The van der Waals surface area contributed by atoms with E-state index in [-0.39, 0.29) is 5.91 Å². The van der Waals surface area contributed by atoms with Crippen LogP contribution in [0.25, 0.3) is 0 Å². The van der Waals surface area contributed by atoms with Crippen LogP contribution in [0, 0.1) is 4.91 Å². The molecule has 0 unspecified atom stereocenters. The van der Waals surface area contributed by atoms with Crippen molar-refractivity contribution in [3.63, 3.8) is 0 Å². The first-order chi connectivity index (χ1) is 9.77. The van der Waals surface area contributed by atoms with Gasteiger partial charge < -0.3 is 10.5 Å². The standard InChI is InChI=1S/C15H15NO.HNO2/c17-15(14-9-5-2-6-10-14)16-12-11-13-7-3-1-4-8-13;2-1-3/h1-10H,11-12H2,(H,16,17);(H,2,3). The second-order valence-electron chi connectivity index (χ2n) is 3.94. The number of nitrogens with zero attached hydrogens (tertiary/aromatic N) is 1. The molecule has 2 aromatic carbocycles. The Bertz CT molecular complexity index is 515. The van der Waals surface area contributed by atoms with Gasteiger partial charge in [-0.15, -0.1) is 4.91 Å². The van der Waals surface area contributed by atoms with Crippen molar-refractivity contribution in [2.75, 3.05) is 6.54 Å². The summed E-state index contributed by atoms with van der Waals surface area (Å²) in [4.78, 5) is 19.8.